The molecule has 0 saturated heterocycles. The smallest absolute Gasteiger partial charge is 0.0504 e. The van der Waals surface area contributed by atoms with Gasteiger partial charge in [0.15, 0.2) is 0 Å². The molecule has 0 aromatic rings. The van der Waals surface area contributed by atoms with Crippen LogP contribution in [0.15, 0.2) is 0 Å². The van der Waals surface area contributed by atoms with Gasteiger partial charge in [0.2, 0.25) is 0 Å². The summed E-state index contributed by atoms with van der Waals surface area (Å²) in [6.07, 6.45) is 3.71. The average Bonchev–Trinajstić information content (AvgIpc) is 1.80. The summed E-state index contributed by atoms with van der Waals surface area (Å²) in [6, 6.07) is 0.0432. The van der Waals surface area contributed by atoms with Crippen molar-refractivity contribution in [1.29, 1.82) is 0 Å². The second-order valence-electron chi connectivity index (χ2n) is 2.40. The van der Waals surface area contributed by atoms with Crippen molar-refractivity contribution in [2.75, 3.05) is 0 Å². The monoisotopic (exact) mass is 166 g/mol. The van der Waals surface area contributed by atoms with Gasteiger partial charge >= 0.3 is 0 Å². The van der Waals surface area contributed by atoms with Crippen LogP contribution in [0.5, 0.6) is 0 Å². The lowest BCUT2D eigenvalue weighted by Gasteiger charge is -2.26. The predicted molar refractivity (Wildman–Crippen MR) is 40.8 cm³/mol. The van der Waals surface area contributed by atoms with Gasteiger partial charge in [0, 0.05) is 11.4 Å². The topological polar surface area (TPSA) is 26.0 Å². The molecule has 53 valence electrons. The maximum atomic E-state index is 5.82. The summed E-state index contributed by atoms with van der Waals surface area (Å²) in [5.74, 6) is 0. The van der Waals surface area contributed by atoms with Crippen LogP contribution in [0.2, 0.25) is 0 Å². The molecule has 0 spiro atoms. The summed E-state index contributed by atoms with van der Waals surface area (Å²) in [6.45, 7) is 0. The van der Waals surface area contributed by atoms with E-state index in [9.17, 15) is 0 Å². The molecule has 0 aliphatic heterocycles. The summed E-state index contributed by atoms with van der Waals surface area (Å²) in [4.78, 5) is 0. The van der Waals surface area contributed by atoms with Crippen molar-refractivity contribution in [1.82, 2.24) is 0 Å². The molecular weight excluding hydrogens is 157 g/mol. The third-order valence-corrected chi connectivity index (χ3v) is 2.39. The van der Waals surface area contributed by atoms with Crippen LogP contribution in [0.1, 0.15) is 12.8 Å². The van der Waals surface area contributed by atoms with Crippen LogP contribution in [0, 0.1) is 6.42 Å². The number of hydrogen-bond acceptors (Lipinski definition) is 1. The standard InChI is InChI=1S/C6H10Cl2N/c7-4-1-2-6(9)5(8)3-4/h2,4-6H,1,3,9H2. The van der Waals surface area contributed by atoms with Gasteiger partial charge in [-0.1, -0.05) is 0 Å². The number of rotatable bonds is 0. The van der Waals surface area contributed by atoms with E-state index in [1.165, 1.54) is 0 Å². The molecule has 1 fully saturated rings. The lowest BCUT2D eigenvalue weighted by Crippen LogP contribution is -2.37. The Morgan fingerprint density at radius 1 is 1.44 bits per heavy atom. The Morgan fingerprint density at radius 2 is 2.11 bits per heavy atom. The molecule has 1 aliphatic carbocycles. The van der Waals surface area contributed by atoms with E-state index in [2.05, 4.69) is 0 Å². The highest BCUT2D eigenvalue weighted by Crippen LogP contribution is 2.24. The molecule has 0 heterocycles. The zero-order valence-electron chi connectivity index (χ0n) is 5.06. The van der Waals surface area contributed by atoms with Gasteiger partial charge in [-0.2, -0.15) is 0 Å². The van der Waals surface area contributed by atoms with Gasteiger partial charge < -0.3 is 5.73 Å². The van der Waals surface area contributed by atoms with Crippen LogP contribution >= 0.6 is 23.2 Å². The number of alkyl halides is 2. The first-order valence-electron chi connectivity index (χ1n) is 3.07. The molecule has 0 aromatic heterocycles. The Labute approximate surface area is 65.5 Å². The Bertz CT molecular complexity index is 97.1. The first kappa shape index (κ1) is 7.64. The molecule has 1 saturated carbocycles. The van der Waals surface area contributed by atoms with Crippen LogP contribution in [0.25, 0.3) is 0 Å². The maximum absolute atomic E-state index is 5.82. The maximum Gasteiger partial charge on any atom is 0.0504 e. The second-order valence-corrected chi connectivity index (χ2v) is 3.58. The van der Waals surface area contributed by atoms with Gasteiger partial charge in [-0.25, -0.2) is 0 Å². The fourth-order valence-corrected chi connectivity index (χ4v) is 1.65. The third-order valence-electron chi connectivity index (χ3n) is 1.56. The minimum atomic E-state index is 0.0428. The quantitative estimate of drug-likeness (QED) is 0.544. The van der Waals surface area contributed by atoms with E-state index < -0.39 is 0 Å². The highest BCUT2D eigenvalue weighted by atomic mass is 35.5. The van der Waals surface area contributed by atoms with Gasteiger partial charge in [-0.3, -0.25) is 0 Å². The van der Waals surface area contributed by atoms with Gasteiger partial charge in [0.05, 0.1) is 5.38 Å². The van der Waals surface area contributed by atoms with E-state index in [-0.39, 0.29) is 16.8 Å². The molecule has 1 rings (SSSR count). The van der Waals surface area contributed by atoms with Crippen LogP contribution in [0.4, 0.5) is 0 Å². The van der Waals surface area contributed by atoms with E-state index in [4.69, 9.17) is 28.9 Å². The molecule has 0 bridgehead atoms. The molecule has 2 N–H and O–H groups in total. The molecule has 1 nitrogen and oxygen atoms in total. The van der Waals surface area contributed by atoms with Gasteiger partial charge in [-0.15, -0.1) is 23.2 Å². The van der Waals surface area contributed by atoms with Crippen LogP contribution in [-0.4, -0.2) is 16.8 Å². The van der Waals surface area contributed by atoms with E-state index in [0.29, 0.717) is 0 Å². The van der Waals surface area contributed by atoms with E-state index in [0.717, 1.165) is 12.8 Å². The molecule has 0 amide bonds. The molecule has 3 unspecified atom stereocenters. The van der Waals surface area contributed by atoms with Crippen molar-refractivity contribution < 1.29 is 0 Å². The number of hydrogen-bond donors (Lipinski definition) is 1. The Balaban J connectivity index is 2.35. The average molecular weight is 167 g/mol. The minimum Gasteiger partial charge on any atom is -0.326 e. The van der Waals surface area contributed by atoms with E-state index >= 15 is 0 Å². The first-order chi connectivity index (χ1) is 4.20. The third kappa shape index (κ3) is 1.99. The fraction of sp³-hybridized carbons (Fsp3) is 0.833. The molecule has 1 radical (unpaired) electrons. The molecule has 9 heavy (non-hydrogen) atoms. The van der Waals surface area contributed by atoms with Crippen molar-refractivity contribution in [3.8, 4) is 0 Å². The summed E-state index contributed by atoms with van der Waals surface area (Å²) in [5.41, 5.74) is 5.59. The predicted octanol–water partition coefficient (Wildman–Crippen LogP) is 1.53. The Kier molecular flexibility index (Phi) is 2.62. The van der Waals surface area contributed by atoms with Crippen molar-refractivity contribution >= 4 is 23.2 Å². The highest BCUT2D eigenvalue weighted by molar-refractivity contribution is 6.24. The van der Waals surface area contributed by atoms with Crippen LogP contribution < -0.4 is 5.73 Å². The first-order valence-corrected chi connectivity index (χ1v) is 3.94. The van der Waals surface area contributed by atoms with Crippen LogP contribution in [-0.2, 0) is 0 Å². The fourth-order valence-electron chi connectivity index (χ4n) is 0.950. The lowest BCUT2D eigenvalue weighted by atomic mass is 9.95. The molecular formula is C6H10Cl2N. The summed E-state index contributed by atoms with van der Waals surface area (Å²) < 4.78 is 0. The molecule has 0 aromatic carbocycles. The number of halogens is 2. The second kappa shape index (κ2) is 3.09. The molecule has 3 atom stereocenters. The molecule has 3 heteroatoms. The highest BCUT2D eigenvalue weighted by Gasteiger charge is 2.24. The lowest BCUT2D eigenvalue weighted by molar-refractivity contribution is 0.543. The zero-order valence-corrected chi connectivity index (χ0v) is 6.57. The Hall–Kier alpha value is 0.540. The van der Waals surface area contributed by atoms with Gasteiger partial charge in [0.1, 0.15) is 0 Å². The Morgan fingerprint density at radius 3 is 2.56 bits per heavy atom. The van der Waals surface area contributed by atoms with Gasteiger partial charge in [-0.05, 0) is 19.3 Å². The summed E-state index contributed by atoms with van der Waals surface area (Å²) >= 11 is 11.6. The summed E-state index contributed by atoms with van der Waals surface area (Å²) in [5, 5.41) is 0.244. The van der Waals surface area contributed by atoms with Crippen molar-refractivity contribution in [2.24, 2.45) is 5.73 Å². The van der Waals surface area contributed by atoms with Gasteiger partial charge in [0.25, 0.3) is 0 Å². The largest absolute Gasteiger partial charge is 0.326 e. The number of nitrogens with two attached hydrogens (primary N) is 1. The zero-order chi connectivity index (χ0) is 6.85. The van der Waals surface area contributed by atoms with Crippen molar-refractivity contribution in [3.05, 3.63) is 6.42 Å². The minimum absolute atomic E-state index is 0.0428. The normalized spacial score (nSPS) is 45.0. The van der Waals surface area contributed by atoms with E-state index in [1.807, 2.05) is 6.42 Å². The van der Waals surface area contributed by atoms with Crippen molar-refractivity contribution in [3.63, 3.8) is 0 Å². The molecule has 1 aliphatic rings. The van der Waals surface area contributed by atoms with Crippen LogP contribution in [0.3, 0.4) is 0 Å². The summed E-state index contributed by atoms with van der Waals surface area (Å²) in [7, 11) is 0. The SMILES string of the molecule is NC1[CH]CC(Cl)CC1Cl. The van der Waals surface area contributed by atoms with Crippen molar-refractivity contribution in [2.45, 2.75) is 29.6 Å². The van der Waals surface area contributed by atoms with E-state index in [1.54, 1.807) is 0 Å².